The van der Waals surface area contributed by atoms with Crippen molar-refractivity contribution in [2.75, 3.05) is 21.3 Å². The van der Waals surface area contributed by atoms with Gasteiger partial charge in [-0.25, -0.2) is 10.2 Å². The number of hydrogen-bond donors (Lipinski definition) is 2. The second-order valence-corrected chi connectivity index (χ2v) is 7.65. The minimum Gasteiger partial charge on any atom is -0.507 e. The molecule has 0 saturated heterocycles. The van der Waals surface area contributed by atoms with Gasteiger partial charge in [-0.2, -0.15) is 5.10 Å². The lowest BCUT2D eigenvalue weighted by Gasteiger charge is -2.11. The Hall–Kier alpha value is -4.05. The molecule has 10 heteroatoms. The lowest BCUT2D eigenvalue weighted by Crippen LogP contribution is -2.17. The minimum atomic E-state index is -0.609. The first-order valence-electron chi connectivity index (χ1n) is 9.80. The van der Waals surface area contributed by atoms with Crippen LogP contribution in [0.2, 0.25) is 0 Å². The lowest BCUT2D eigenvalue weighted by atomic mass is 10.2. The molecule has 0 bridgehead atoms. The van der Waals surface area contributed by atoms with E-state index in [-0.39, 0.29) is 28.4 Å². The number of aromatic hydroxyl groups is 1. The number of phenols is 1. The number of ether oxygens (including phenoxy) is 4. The molecule has 0 fully saturated rings. The molecule has 3 aromatic carbocycles. The van der Waals surface area contributed by atoms with Crippen LogP contribution < -0.4 is 24.4 Å². The van der Waals surface area contributed by atoms with Gasteiger partial charge in [0.1, 0.15) is 5.75 Å². The number of hydrazone groups is 1. The van der Waals surface area contributed by atoms with Crippen LogP contribution in [-0.2, 0) is 0 Å². The number of rotatable bonds is 8. The summed E-state index contributed by atoms with van der Waals surface area (Å²) in [5, 5.41) is 13.7. The number of phenolic OH excluding ortho intramolecular Hbond substituents is 1. The molecule has 3 rings (SSSR count). The minimum absolute atomic E-state index is 0.0709. The van der Waals surface area contributed by atoms with Gasteiger partial charge in [0.15, 0.2) is 23.0 Å². The number of benzene rings is 3. The maximum atomic E-state index is 12.6. The van der Waals surface area contributed by atoms with E-state index >= 15 is 0 Å². The van der Waals surface area contributed by atoms with Crippen molar-refractivity contribution >= 4 is 34.0 Å². The number of amides is 1. The van der Waals surface area contributed by atoms with Crippen LogP contribution >= 0.6 is 15.9 Å². The highest BCUT2D eigenvalue weighted by Crippen LogP contribution is 2.31. The average molecular weight is 529 g/mol. The lowest BCUT2D eigenvalue weighted by molar-refractivity contribution is 0.0729. The predicted octanol–water partition coefficient (Wildman–Crippen LogP) is 4.16. The number of esters is 1. The average Bonchev–Trinajstić information content (AvgIpc) is 2.85. The number of carbonyl (C=O) groups is 2. The summed E-state index contributed by atoms with van der Waals surface area (Å²) in [6.45, 7) is 0. The van der Waals surface area contributed by atoms with Gasteiger partial charge in [0.05, 0.1) is 38.7 Å². The number of carbonyl (C=O) groups excluding carboxylic acids is 2. The topological polar surface area (TPSA) is 116 Å². The molecule has 2 N–H and O–H groups in total. The van der Waals surface area contributed by atoms with Crippen LogP contribution in [-0.4, -0.2) is 44.5 Å². The molecule has 1 amide bonds. The molecule has 0 aliphatic heterocycles. The number of nitrogens with one attached hydrogen (secondary N) is 1. The monoisotopic (exact) mass is 528 g/mol. The van der Waals surface area contributed by atoms with Gasteiger partial charge in [-0.3, -0.25) is 4.79 Å². The second kappa shape index (κ2) is 11.2. The summed E-state index contributed by atoms with van der Waals surface area (Å²) in [7, 11) is 4.41. The van der Waals surface area contributed by atoms with Gasteiger partial charge >= 0.3 is 5.97 Å². The summed E-state index contributed by atoms with van der Waals surface area (Å²) < 4.78 is 21.8. The molecule has 0 aliphatic carbocycles. The third-order valence-corrected chi connectivity index (χ3v) is 5.09. The van der Waals surface area contributed by atoms with Gasteiger partial charge in [0.25, 0.3) is 5.91 Å². The van der Waals surface area contributed by atoms with Crippen molar-refractivity contribution in [3.8, 4) is 28.7 Å². The summed E-state index contributed by atoms with van der Waals surface area (Å²) in [5.74, 6) is 0.00917. The second-order valence-electron chi connectivity index (χ2n) is 6.73. The van der Waals surface area contributed by atoms with Crippen molar-refractivity contribution in [2.45, 2.75) is 0 Å². The Morgan fingerprint density at radius 2 is 1.56 bits per heavy atom. The summed E-state index contributed by atoms with van der Waals surface area (Å²) in [6, 6.07) is 13.9. The summed E-state index contributed by atoms with van der Waals surface area (Å²) in [5.41, 5.74) is 3.25. The van der Waals surface area contributed by atoms with E-state index in [1.807, 2.05) is 0 Å². The zero-order chi connectivity index (χ0) is 24.7. The fraction of sp³-hybridized carbons (Fsp3) is 0.125. The van der Waals surface area contributed by atoms with Crippen LogP contribution in [0.3, 0.4) is 0 Å². The van der Waals surface area contributed by atoms with Crippen molar-refractivity contribution in [3.63, 3.8) is 0 Å². The number of hydrogen-bond acceptors (Lipinski definition) is 8. The third-order valence-electron chi connectivity index (χ3n) is 4.59. The first-order chi connectivity index (χ1) is 16.4. The van der Waals surface area contributed by atoms with Crippen LogP contribution in [0.1, 0.15) is 26.3 Å². The predicted molar refractivity (Wildman–Crippen MR) is 128 cm³/mol. The normalized spacial score (nSPS) is 10.6. The van der Waals surface area contributed by atoms with E-state index in [2.05, 4.69) is 26.5 Å². The molecule has 176 valence electrons. The highest BCUT2D eigenvalue weighted by Gasteiger charge is 2.16. The Labute approximate surface area is 204 Å². The van der Waals surface area contributed by atoms with E-state index in [1.165, 1.54) is 45.7 Å². The van der Waals surface area contributed by atoms with Gasteiger partial charge in [0, 0.05) is 4.47 Å². The molecule has 9 nitrogen and oxygen atoms in total. The summed E-state index contributed by atoms with van der Waals surface area (Å²) in [6.07, 6.45) is 1.38. The third kappa shape index (κ3) is 5.84. The zero-order valence-electron chi connectivity index (χ0n) is 18.5. The van der Waals surface area contributed by atoms with Crippen molar-refractivity contribution < 1.29 is 33.6 Å². The van der Waals surface area contributed by atoms with Gasteiger partial charge < -0.3 is 24.1 Å². The van der Waals surface area contributed by atoms with E-state index in [0.717, 1.165) is 0 Å². The molecule has 0 aromatic heterocycles. The van der Waals surface area contributed by atoms with E-state index in [9.17, 15) is 14.7 Å². The molecule has 3 aromatic rings. The smallest absolute Gasteiger partial charge is 0.343 e. The van der Waals surface area contributed by atoms with Crippen LogP contribution in [0.5, 0.6) is 28.7 Å². The largest absolute Gasteiger partial charge is 0.507 e. The Morgan fingerprint density at radius 3 is 2.26 bits per heavy atom. The standard InChI is InChI=1S/C24H21BrN2O7/c1-31-19-9-5-15(11-22(19)33-3)24(30)34-20-8-4-14(10-21(20)32-2)13-26-27-23(29)17-12-16(25)6-7-18(17)28/h4-13,28H,1-3H3,(H,27,29). The number of halogens is 1. The molecule has 0 atom stereocenters. The maximum absolute atomic E-state index is 12.6. The molecular weight excluding hydrogens is 508 g/mol. The SMILES string of the molecule is COc1ccc(C(=O)Oc2ccc(C=NNC(=O)c3cc(Br)ccc3O)cc2OC)cc1OC. The Bertz CT molecular complexity index is 1240. The van der Waals surface area contributed by atoms with E-state index < -0.39 is 11.9 Å². The van der Waals surface area contributed by atoms with Crippen LogP contribution in [0, 0.1) is 0 Å². The molecule has 34 heavy (non-hydrogen) atoms. The van der Waals surface area contributed by atoms with Crippen LogP contribution in [0.15, 0.2) is 64.2 Å². The zero-order valence-corrected chi connectivity index (χ0v) is 20.1. The van der Waals surface area contributed by atoms with Crippen LogP contribution in [0.25, 0.3) is 0 Å². The van der Waals surface area contributed by atoms with Crippen molar-refractivity contribution in [1.82, 2.24) is 5.43 Å². The highest BCUT2D eigenvalue weighted by molar-refractivity contribution is 9.10. The summed E-state index contributed by atoms with van der Waals surface area (Å²) >= 11 is 3.25. The van der Waals surface area contributed by atoms with Crippen molar-refractivity contribution in [3.05, 3.63) is 75.8 Å². The first kappa shape index (κ1) is 24.6. The first-order valence-corrected chi connectivity index (χ1v) is 10.6. The fourth-order valence-corrected chi connectivity index (χ4v) is 3.25. The maximum Gasteiger partial charge on any atom is 0.343 e. The van der Waals surface area contributed by atoms with E-state index in [1.54, 1.807) is 36.4 Å². The van der Waals surface area contributed by atoms with E-state index in [0.29, 0.717) is 21.5 Å². The molecule has 0 heterocycles. The van der Waals surface area contributed by atoms with Gasteiger partial charge in [-0.05, 0) is 60.2 Å². The highest BCUT2D eigenvalue weighted by atomic mass is 79.9. The summed E-state index contributed by atoms with van der Waals surface area (Å²) in [4.78, 5) is 24.8. The molecule has 0 spiro atoms. The van der Waals surface area contributed by atoms with Gasteiger partial charge in [-0.1, -0.05) is 15.9 Å². The van der Waals surface area contributed by atoms with Gasteiger partial charge in [-0.15, -0.1) is 0 Å². The molecular formula is C24H21BrN2O7. The number of nitrogens with zero attached hydrogens (tertiary/aromatic N) is 1. The van der Waals surface area contributed by atoms with Crippen molar-refractivity contribution in [1.29, 1.82) is 0 Å². The fourth-order valence-electron chi connectivity index (χ4n) is 2.89. The quantitative estimate of drug-likeness (QED) is 0.195. The van der Waals surface area contributed by atoms with Crippen LogP contribution in [0.4, 0.5) is 0 Å². The van der Waals surface area contributed by atoms with E-state index in [4.69, 9.17) is 18.9 Å². The number of methoxy groups -OCH3 is 3. The molecule has 0 radical (unpaired) electrons. The Kier molecular flexibility index (Phi) is 8.10. The van der Waals surface area contributed by atoms with Crippen molar-refractivity contribution in [2.24, 2.45) is 5.10 Å². The molecule has 0 aliphatic rings. The van der Waals surface area contributed by atoms with Gasteiger partial charge in [0.2, 0.25) is 0 Å². The Balaban J connectivity index is 1.71. The Morgan fingerprint density at radius 1 is 0.882 bits per heavy atom. The molecule has 0 saturated carbocycles. The molecule has 0 unspecified atom stereocenters.